The van der Waals surface area contributed by atoms with Gasteiger partial charge in [0.2, 0.25) is 0 Å². The Kier molecular flexibility index (Phi) is 6.28. The summed E-state index contributed by atoms with van der Waals surface area (Å²) in [5, 5.41) is 24.3. The SMILES string of the molecule is CCOc1cccc(C(C)NCC(O)c2cccc([N+](=O)[O-])c2)c1. The molecular formula is C18H22N2O4. The number of nitro benzene ring substituents is 1. The fourth-order valence-corrected chi connectivity index (χ4v) is 2.41. The first-order chi connectivity index (χ1) is 11.5. The van der Waals surface area contributed by atoms with Crippen LogP contribution in [0.25, 0.3) is 0 Å². The Morgan fingerprint density at radius 2 is 1.92 bits per heavy atom. The Labute approximate surface area is 141 Å². The van der Waals surface area contributed by atoms with Crippen LogP contribution in [0.3, 0.4) is 0 Å². The minimum Gasteiger partial charge on any atom is -0.494 e. The second kappa shape index (κ2) is 8.42. The van der Waals surface area contributed by atoms with Gasteiger partial charge in [-0.2, -0.15) is 0 Å². The van der Waals surface area contributed by atoms with Crippen LogP contribution in [0.15, 0.2) is 48.5 Å². The Hall–Kier alpha value is -2.44. The molecule has 0 spiro atoms. The van der Waals surface area contributed by atoms with Crippen molar-refractivity contribution in [3.63, 3.8) is 0 Å². The number of nitrogens with zero attached hydrogens (tertiary/aromatic N) is 1. The van der Waals surface area contributed by atoms with Crippen molar-refractivity contribution >= 4 is 5.69 Å². The normalized spacial score (nSPS) is 13.3. The Balaban J connectivity index is 1.98. The van der Waals surface area contributed by atoms with Gasteiger partial charge in [0, 0.05) is 24.7 Å². The highest BCUT2D eigenvalue weighted by molar-refractivity contribution is 5.35. The molecule has 0 radical (unpaired) electrons. The number of hydrogen-bond donors (Lipinski definition) is 2. The van der Waals surface area contributed by atoms with E-state index < -0.39 is 11.0 Å². The van der Waals surface area contributed by atoms with Crippen LogP contribution in [-0.2, 0) is 0 Å². The molecule has 0 fully saturated rings. The summed E-state index contributed by atoms with van der Waals surface area (Å²) in [6.45, 7) is 4.83. The minimum atomic E-state index is -0.817. The van der Waals surface area contributed by atoms with E-state index in [2.05, 4.69) is 5.32 Å². The molecule has 2 aromatic carbocycles. The van der Waals surface area contributed by atoms with Crippen molar-refractivity contribution in [1.29, 1.82) is 0 Å². The van der Waals surface area contributed by atoms with Gasteiger partial charge in [-0.05, 0) is 37.1 Å². The molecule has 0 aliphatic heterocycles. The number of nitrogens with one attached hydrogen (secondary N) is 1. The first-order valence-corrected chi connectivity index (χ1v) is 7.89. The van der Waals surface area contributed by atoms with E-state index >= 15 is 0 Å². The summed E-state index contributed by atoms with van der Waals surface area (Å²) in [6, 6.07) is 13.8. The third-order valence-electron chi connectivity index (χ3n) is 3.75. The summed E-state index contributed by atoms with van der Waals surface area (Å²) in [7, 11) is 0. The molecule has 128 valence electrons. The monoisotopic (exact) mass is 330 g/mol. The highest BCUT2D eigenvalue weighted by atomic mass is 16.6. The molecule has 24 heavy (non-hydrogen) atoms. The molecule has 0 bridgehead atoms. The average molecular weight is 330 g/mol. The van der Waals surface area contributed by atoms with Crippen molar-refractivity contribution < 1.29 is 14.8 Å². The van der Waals surface area contributed by atoms with Crippen molar-refractivity contribution in [2.45, 2.75) is 26.0 Å². The number of benzene rings is 2. The van der Waals surface area contributed by atoms with Gasteiger partial charge in [0.25, 0.3) is 5.69 Å². The van der Waals surface area contributed by atoms with E-state index in [4.69, 9.17) is 4.74 Å². The Morgan fingerprint density at radius 3 is 2.62 bits per heavy atom. The van der Waals surface area contributed by atoms with E-state index in [0.29, 0.717) is 18.7 Å². The predicted molar refractivity (Wildman–Crippen MR) is 92.1 cm³/mol. The summed E-state index contributed by atoms with van der Waals surface area (Å²) in [5.41, 5.74) is 1.54. The van der Waals surface area contributed by atoms with Crippen LogP contribution in [0.2, 0.25) is 0 Å². The second-order valence-corrected chi connectivity index (χ2v) is 5.50. The lowest BCUT2D eigenvalue weighted by atomic mass is 10.1. The number of non-ortho nitro benzene ring substituents is 1. The molecule has 0 saturated carbocycles. The minimum absolute atomic E-state index is 0.0127. The number of aliphatic hydroxyl groups is 1. The van der Waals surface area contributed by atoms with E-state index in [1.807, 2.05) is 38.1 Å². The maximum atomic E-state index is 10.8. The fourth-order valence-electron chi connectivity index (χ4n) is 2.41. The Bertz CT molecular complexity index is 690. The first kappa shape index (κ1) is 17.9. The van der Waals surface area contributed by atoms with Gasteiger partial charge >= 0.3 is 0 Å². The molecule has 6 heteroatoms. The van der Waals surface area contributed by atoms with E-state index in [1.165, 1.54) is 12.1 Å². The van der Waals surface area contributed by atoms with E-state index in [-0.39, 0.29) is 11.7 Å². The molecule has 2 aromatic rings. The average Bonchev–Trinajstić information content (AvgIpc) is 2.60. The smallest absolute Gasteiger partial charge is 0.269 e. The molecule has 0 aliphatic rings. The van der Waals surface area contributed by atoms with Crippen LogP contribution in [0.5, 0.6) is 5.75 Å². The van der Waals surface area contributed by atoms with Gasteiger partial charge in [-0.1, -0.05) is 24.3 Å². The second-order valence-electron chi connectivity index (χ2n) is 5.50. The van der Waals surface area contributed by atoms with Crippen LogP contribution in [0.1, 0.15) is 37.1 Å². The van der Waals surface area contributed by atoms with Crippen molar-refractivity contribution in [2.24, 2.45) is 0 Å². The molecule has 0 aliphatic carbocycles. The molecule has 2 atom stereocenters. The number of rotatable bonds is 8. The fraction of sp³-hybridized carbons (Fsp3) is 0.333. The molecule has 0 saturated heterocycles. The van der Waals surface area contributed by atoms with E-state index in [9.17, 15) is 15.2 Å². The topological polar surface area (TPSA) is 84.6 Å². The lowest BCUT2D eigenvalue weighted by Gasteiger charge is -2.18. The largest absolute Gasteiger partial charge is 0.494 e. The lowest BCUT2D eigenvalue weighted by molar-refractivity contribution is -0.385. The van der Waals surface area contributed by atoms with Gasteiger partial charge in [-0.15, -0.1) is 0 Å². The Morgan fingerprint density at radius 1 is 1.21 bits per heavy atom. The van der Waals surface area contributed by atoms with Crippen molar-refractivity contribution in [2.75, 3.05) is 13.2 Å². The van der Waals surface area contributed by atoms with Crippen LogP contribution in [-0.4, -0.2) is 23.2 Å². The maximum Gasteiger partial charge on any atom is 0.269 e. The molecule has 0 heterocycles. The van der Waals surface area contributed by atoms with Crippen LogP contribution >= 0.6 is 0 Å². The molecule has 2 N–H and O–H groups in total. The molecule has 2 unspecified atom stereocenters. The van der Waals surface area contributed by atoms with Crippen LogP contribution < -0.4 is 10.1 Å². The molecule has 0 aromatic heterocycles. The standard InChI is InChI=1S/C18H22N2O4/c1-3-24-17-9-5-6-14(11-17)13(2)19-12-18(21)15-7-4-8-16(10-15)20(22)23/h4-11,13,18-19,21H,3,12H2,1-2H3. The molecule has 6 nitrogen and oxygen atoms in total. The third kappa shape index (κ3) is 4.78. The summed E-state index contributed by atoms with van der Waals surface area (Å²) in [5.74, 6) is 0.808. The summed E-state index contributed by atoms with van der Waals surface area (Å²) in [6.07, 6.45) is -0.817. The number of nitro groups is 1. The van der Waals surface area contributed by atoms with Crippen LogP contribution in [0.4, 0.5) is 5.69 Å². The number of aliphatic hydroxyl groups excluding tert-OH is 1. The predicted octanol–water partition coefficient (Wildman–Crippen LogP) is 3.38. The maximum absolute atomic E-state index is 10.8. The van der Waals surface area contributed by atoms with Crippen molar-refractivity contribution in [1.82, 2.24) is 5.32 Å². The van der Waals surface area contributed by atoms with Crippen LogP contribution in [0, 0.1) is 10.1 Å². The quantitative estimate of drug-likeness (QED) is 0.572. The zero-order valence-corrected chi connectivity index (χ0v) is 13.8. The highest BCUT2D eigenvalue weighted by Gasteiger charge is 2.14. The van der Waals surface area contributed by atoms with Gasteiger partial charge in [0.1, 0.15) is 5.75 Å². The summed E-state index contributed by atoms with van der Waals surface area (Å²) >= 11 is 0. The summed E-state index contributed by atoms with van der Waals surface area (Å²) in [4.78, 5) is 10.3. The third-order valence-corrected chi connectivity index (χ3v) is 3.75. The zero-order valence-electron chi connectivity index (χ0n) is 13.8. The number of ether oxygens (including phenoxy) is 1. The van der Waals surface area contributed by atoms with Gasteiger partial charge in [-0.25, -0.2) is 0 Å². The van der Waals surface area contributed by atoms with E-state index in [0.717, 1.165) is 11.3 Å². The zero-order chi connectivity index (χ0) is 17.5. The summed E-state index contributed by atoms with van der Waals surface area (Å²) < 4.78 is 5.49. The molecule has 0 amide bonds. The molecular weight excluding hydrogens is 308 g/mol. The molecule has 2 rings (SSSR count). The first-order valence-electron chi connectivity index (χ1n) is 7.89. The number of hydrogen-bond acceptors (Lipinski definition) is 5. The van der Waals surface area contributed by atoms with Gasteiger partial charge in [-0.3, -0.25) is 10.1 Å². The lowest BCUT2D eigenvalue weighted by Crippen LogP contribution is -2.24. The van der Waals surface area contributed by atoms with Crippen molar-refractivity contribution in [3.8, 4) is 5.75 Å². The van der Waals surface area contributed by atoms with E-state index in [1.54, 1.807) is 12.1 Å². The van der Waals surface area contributed by atoms with Crippen molar-refractivity contribution in [3.05, 3.63) is 69.8 Å². The van der Waals surface area contributed by atoms with Gasteiger partial charge in [0.15, 0.2) is 0 Å². The highest BCUT2D eigenvalue weighted by Crippen LogP contribution is 2.22. The van der Waals surface area contributed by atoms with Gasteiger partial charge < -0.3 is 15.2 Å². The van der Waals surface area contributed by atoms with Gasteiger partial charge in [0.05, 0.1) is 17.6 Å².